The molecular formula is C18H37IN4O. The van der Waals surface area contributed by atoms with E-state index in [1.54, 1.807) is 0 Å². The highest BCUT2D eigenvalue weighted by Gasteiger charge is 2.22. The summed E-state index contributed by atoms with van der Waals surface area (Å²) in [6, 6.07) is 0.571. The molecule has 1 atom stereocenters. The maximum atomic E-state index is 5.90. The van der Waals surface area contributed by atoms with Gasteiger partial charge < -0.3 is 15.4 Å². The van der Waals surface area contributed by atoms with Gasteiger partial charge in [-0.25, -0.2) is 0 Å². The van der Waals surface area contributed by atoms with Crippen molar-refractivity contribution in [1.82, 2.24) is 15.5 Å². The molecule has 2 fully saturated rings. The van der Waals surface area contributed by atoms with Crippen molar-refractivity contribution in [2.45, 2.75) is 58.6 Å². The zero-order valence-corrected chi connectivity index (χ0v) is 18.2. The molecule has 1 saturated carbocycles. The van der Waals surface area contributed by atoms with Crippen molar-refractivity contribution < 1.29 is 4.74 Å². The molecule has 1 saturated heterocycles. The first kappa shape index (κ1) is 22.0. The number of nitrogens with zero attached hydrogens (tertiary/aromatic N) is 2. The number of morpholine rings is 1. The number of nitrogens with one attached hydrogen (secondary N) is 2. The Morgan fingerprint density at radius 1 is 1.25 bits per heavy atom. The van der Waals surface area contributed by atoms with Crippen LogP contribution in [0.3, 0.4) is 0 Å². The van der Waals surface area contributed by atoms with Gasteiger partial charge in [-0.05, 0) is 37.5 Å². The highest BCUT2D eigenvalue weighted by atomic mass is 127. The number of halogens is 1. The van der Waals surface area contributed by atoms with Crippen LogP contribution in [0, 0.1) is 11.8 Å². The summed E-state index contributed by atoms with van der Waals surface area (Å²) >= 11 is 0. The van der Waals surface area contributed by atoms with Crippen LogP contribution in [-0.2, 0) is 4.74 Å². The normalized spacial score (nSPS) is 29.2. The van der Waals surface area contributed by atoms with Gasteiger partial charge in [0.25, 0.3) is 0 Å². The van der Waals surface area contributed by atoms with Gasteiger partial charge in [0, 0.05) is 39.3 Å². The number of ether oxygens (including phenoxy) is 1. The average molecular weight is 452 g/mol. The monoisotopic (exact) mass is 452 g/mol. The second-order valence-corrected chi connectivity index (χ2v) is 7.70. The average Bonchev–Trinajstić information content (AvgIpc) is 2.53. The number of rotatable bonds is 5. The summed E-state index contributed by atoms with van der Waals surface area (Å²) in [4.78, 5) is 6.89. The third-order valence-electron chi connectivity index (χ3n) is 4.92. The predicted molar refractivity (Wildman–Crippen MR) is 112 cm³/mol. The number of guanidine groups is 1. The van der Waals surface area contributed by atoms with Crippen molar-refractivity contribution >= 4 is 29.9 Å². The molecule has 1 heterocycles. The first-order chi connectivity index (χ1) is 11.1. The molecule has 0 amide bonds. The molecule has 2 rings (SSSR count). The smallest absolute Gasteiger partial charge is 0.191 e. The molecule has 142 valence electrons. The van der Waals surface area contributed by atoms with Crippen LogP contribution in [0.1, 0.15) is 46.5 Å². The quantitative estimate of drug-likeness (QED) is 0.383. The van der Waals surface area contributed by atoms with Gasteiger partial charge in [-0.15, -0.1) is 24.0 Å². The Kier molecular flexibility index (Phi) is 10.5. The van der Waals surface area contributed by atoms with Crippen molar-refractivity contribution in [3.63, 3.8) is 0 Å². The fraction of sp³-hybridized carbons (Fsp3) is 0.944. The molecule has 2 aliphatic rings. The minimum atomic E-state index is 0. The minimum absolute atomic E-state index is 0. The van der Waals surface area contributed by atoms with Gasteiger partial charge in [0.1, 0.15) is 0 Å². The fourth-order valence-electron chi connectivity index (χ4n) is 3.59. The molecule has 0 aromatic rings. The lowest BCUT2D eigenvalue weighted by Crippen LogP contribution is -2.51. The third kappa shape index (κ3) is 7.87. The van der Waals surface area contributed by atoms with Gasteiger partial charge in [0.2, 0.25) is 0 Å². The van der Waals surface area contributed by atoms with Crippen LogP contribution in [-0.4, -0.2) is 62.8 Å². The lowest BCUT2D eigenvalue weighted by Gasteiger charge is -2.34. The van der Waals surface area contributed by atoms with E-state index in [-0.39, 0.29) is 30.1 Å². The van der Waals surface area contributed by atoms with Crippen LogP contribution in [0.15, 0.2) is 4.99 Å². The zero-order chi connectivity index (χ0) is 16.7. The maximum absolute atomic E-state index is 5.90. The van der Waals surface area contributed by atoms with E-state index in [9.17, 15) is 0 Å². The summed E-state index contributed by atoms with van der Waals surface area (Å²) in [5, 5.41) is 7.04. The van der Waals surface area contributed by atoms with Crippen molar-refractivity contribution in [3.8, 4) is 0 Å². The Hall–Kier alpha value is -0.0800. The molecule has 2 N–H and O–H groups in total. The van der Waals surface area contributed by atoms with Crippen LogP contribution in [0.25, 0.3) is 0 Å². The van der Waals surface area contributed by atoms with E-state index < -0.39 is 0 Å². The summed E-state index contributed by atoms with van der Waals surface area (Å²) < 4.78 is 5.90. The molecule has 1 aliphatic carbocycles. The van der Waals surface area contributed by atoms with E-state index >= 15 is 0 Å². The summed E-state index contributed by atoms with van der Waals surface area (Å²) in [6.45, 7) is 11.8. The van der Waals surface area contributed by atoms with Gasteiger partial charge >= 0.3 is 0 Å². The first-order valence-electron chi connectivity index (χ1n) is 9.38. The predicted octanol–water partition coefficient (Wildman–Crippen LogP) is 2.70. The highest BCUT2D eigenvalue weighted by molar-refractivity contribution is 14.0. The second kappa shape index (κ2) is 11.5. The highest BCUT2D eigenvalue weighted by Crippen LogP contribution is 2.23. The molecule has 0 radical (unpaired) electrons. The van der Waals surface area contributed by atoms with E-state index in [2.05, 4.69) is 41.3 Å². The summed E-state index contributed by atoms with van der Waals surface area (Å²) in [6.07, 6.45) is 5.41. The Labute approximate surface area is 165 Å². The lowest BCUT2D eigenvalue weighted by atomic mass is 9.87. The topological polar surface area (TPSA) is 48.9 Å². The van der Waals surface area contributed by atoms with Crippen LogP contribution in [0.2, 0.25) is 0 Å². The Balaban J connectivity index is 0.00000288. The third-order valence-corrected chi connectivity index (χ3v) is 4.92. The largest absolute Gasteiger partial charge is 0.374 e. The molecular weight excluding hydrogens is 415 g/mol. The lowest BCUT2D eigenvalue weighted by molar-refractivity contribution is -0.0284. The van der Waals surface area contributed by atoms with Crippen LogP contribution < -0.4 is 10.6 Å². The molecule has 6 heteroatoms. The van der Waals surface area contributed by atoms with Gasteiger partial charge in [-0.1, -0.05) is 20.8 Å². The minimum Gasteiger partial charge on any atom is -0.374 e. The standard InChI is InChI=1S/C18H36N4O.HI/c1-14(2)12-22-9-10-23-17(13-22)11-20-18(19-4)21-16-7-5-15(3)6-8-16;/h14-17H,5-13H2,1-4H3,(H2,19,20,21);1H. The van der Waals surface area contributed by atoms with E-state index in [0.717, 1.165) is 44.7 Å². The SMILES string of the molecule is CN=C(NCC1CN(CC(C)C)CCO1)NC1CCC(C)CC1.I. The van der Waals surface area contributed by atoms with E-state index in [1.807, 2.05) is 7.05 Å². The zero-order valence-electron chi connectivity index (χ0n) is 15.9. The fourth-order valence-corrected chi connectivity index (χ4v) is 3.59. The molecule has 1 aliphatic heterocycles. The molecule has 1 unspecified atom stereocenters. The van der Waals surface area contributed by atoms with Gasteiger partial charge in [0.15, 0.2) is 5.96 Å². The van der Waals surface area contributed by atoms with Crippen molar-refractivity contribution in [2.75, 3.05) is 39.8 Å². The van der Waals surface area contributed by atoms with Crippen molar-refractivity contribution in [3.05, 3.63) is 0 Å². The van der Waals surface area contributed by atoms with E-state index in [0.29, 0.717) is 12.0 Å². The number of hydrogen-bond donors (Lipinski definition) is 2. The Bertz CT molecular complexity index is 370. The molecule has 0 aromatic carbocycles. The van der Waals surface area contributed by atoms with E-state index in [1.165, 1.54) is 25.7 Å². The Morgan fingerprint density at radius 2 is 1.96 bits per heavy atom. The molecule has 24 heavy (non-hydrogen) atoms. The molecule has 0 bridgehead atoms. The Morgan fingerprint density at radius 3 is 2.58 bits per heavy atom. The number of aliphatic imine (C=N–C) groups is 1. The summed E-state index contributed by atoms with van der Waals surface area (Å²) in [7, 11) is 1.85. The second-order valence-electron chi connectivity index (χ2n) is 7.70. The molecule has 0 aromatic heterocycles. The van der Waals surface area contributed by atoms with Crippen molar-refractivity contribution in [1.29, 1.82) is 0 Å². The first-order valence-corrected chi connectivity index (χ1v) is 9.38. The molecule has 0 spiro atoms. The summed E-state index contributed by atoms with van der Waals surface area (Å²) in [5.41, 5.74) is 0. The van der Waals surface area contributed by atoms with Gasteiger partial charge in [-0.3, -0.25) is 9.89 Å². The van der Waals surface area contributed by atoms with Crippen LogP contribution >= 0.6 is 24.0 Å². The van der Waals surface area contributed by atoms with Crippen LogP contribution in [0.5, 0.6) is 0 Å². The van der Waals surface area contributed by atoms with Gasteiger partial charge in [0.05, 0.1) is 12.7 Å². The van der Waals surface area contributed by atoms with Crippen molar-refractivity contribution in [2.24, 2.45) is 16.8 Å². The van der Waals surface area contributed by atoms with Crippen LogP contribution in [0.4, 0.5) is 0 Å². The van der Waals surface area contributed by atoms with E-state index in [4.69, 9.17) is 4.74 Å². The van der Waals surface area contributed by atoms with Gasteiger partial charge in [-0.2, -0.15) is 0 Å². The number of hydrogen-bond acceptors (Lipinski definition) is 3. The summed E-state index contributed by atoms with van der Waals surface area (Å²) in [5.74, 6) is 2.52. The maximum Gasteiger partial charge on any atom is 0.191 e. The molecule has 5 nitrogen and oxygen atoms in total.